The van der Waals surface area contributed by atoms with E-state index >= 15 is 0 Å². The zero-order valence-electron chi connectivity index (χ0n) is 12.8. The quantitative estimate of drug-likeness (QED) is 0.800. The van der Waals surface area contributed by atoms with Crippen LogP contribution in [0.5, 0.6) is 0 Å². The molecule has 114 valence electrons. The van der Waals surface area contributed by atoms with Gasteiger partial charge in [0.25, 0.3) is 0 Å². The summed E-state index contributed by atoms with van der Waals surface area (Å²) in [7, 11) is 2.06. The molecule has 2 aromatic rings. The third-order valence-corrected chi connectivity index (χ3v) is 5.40. The molecular weight excluding hydrogens is 292 g/mol. The van der Waals surface area contributed by atoms with Gasteiger partial charge in [0.1, 0.15) is 5.82 Å². The van der Waals surface area contributed by atoms with Crippen LogP contribution in [0.25, 0.3) is 0 Å². The summed E-state index contributed by atoms with van der Waals surface area (Å²) in [4.78, 5) is 0. The summed E-state index contributed by atoms with van der Waals surface area (Å²) in [5.74, 6) is 2.43. The molecule has 0 unspecified atom stereocenters. The lowest BCUT2D eigenvalue weighted by Crippen LogP contribution is -2.10. The average Bonchev–Trinajstić information content (AvgIpc) is 2.95. The van der Waals surface area contributed by atoms with E-state index in [4.69, 9.17) is 5.26 Å². The average molecular weight is 312 g/mol. The smallest absolute Gasteiger partial charge is 0.191 e. The van der Waals surface area contributed by atoms with Crippen LogP contribution in [-0.2, 0) is 12.8 Å². The lowest BCUT2D eigenvalue weighted by atomic mass is 9.89. The van der Waals surface area contributed by atoms with E-state index in [1.807, 2.05) is 24.3 Å². The minimum atomic E-state index is 0.562. The highest BCUT2D eigenvalue weighted by Gasteiger charge is 2.21. The van der Waals surface area contributed by atoms with Crippen molar-refractivity contribution in [2.75, 3.05) is 0 Å². The van der Waals surface area contributed by atoms with Crippen LogP contribution in [0.15, 0.2) is 29.4 Å². The van der Waals surface area contributed by atoms with Crippen LogP contribution in [0.2, 0.25) is 0 Å². The fourth-order valence-corrected chi connectivity index (χ4v) is 3.99. The molecule has 0 spiro atoms. The van der Waals surface area contributed by atoms with Gasteiger partial charge in [-0.1, -0.05) is 49.2 Å². The van der Waals surface area contributed by atoms with Gasteiger partial charge >= 0.3 is 0 Å². The Labute approximate surface area is 135 Å². The zero-order chi connectivity index (χ0) is 15.4. The summed E-state index contributed by atoms with van der Waals surface area (Å²) >= 11 is 1.65. The number of hydrogen-bond acceptors (Lipinski definition) is 4. The van der Waals surface area contributed by atoms with E-state index in [0.29, 0.717) is 5.92 Å². The summed E-state index contributed by atoms with van der Waals surface area (Å²) in [6.45, 7) is 0. The molecule has 1 aliphatic carbocycles. The highest BCUT2D eigenvalue weighted by Crippen LogP contribution is 2.33. The van der Waals surface area contributed by atoms with Crippen molar-refractivity contribution in [2.45, 2.75) is 48.9 Å². The molecule has 4 nitrogen and oxygen atoms in total. The molecule has 0 amide bonds. The second kappa shape index (κ2) is 6.97. The Balaban J connectivity index is 1.71. The summed E-state index contributed by atoms with van der Waals surface area (Å²) in [6.07, 6.45) is 6.41. The number of nitrogens with zero attached hydrogens (tertiary/aromatic N) is 4. The van der Waals surface area contributed by atoms with Crippen molar-refractivity contribution in [3.05, 3.63) is 41.2 Å². The third kappa shape index (κ3) is 3.17. The van der Waals surface area contributed by atoms with Crippen LogP contribution in [0, 0.1) is 11.3 Å². The molecule has 0 saturated heterocycles. The molecular formula is C17H20N4S. The normalized spacial score (nSPS) is 15.6. The van der Waals surface area contributed by atoms with Gasteiger partial charge in [-0.3, -0.25) is 0 Å². The van der Waals surface area contributed by atoms with E-state index in [-0.39, 0.29) is 0 Å². The number of benzene rings is 1. The Morgan fingerprint density at radius 3 is 2.77 bits per heavy atom. The largest absolute Gasteiger partial charge is 0.309 e. The van der Waals surface area contributed by atoms with Crippen LogP contribution in [0.1, 0.15) is 55.0 Å². The first kappa shape index (κ1) is 15.1. The topological polar surface area (TPSA) is 54.5 Å². The number of aromatic nitrogens is 3. The zero-order valence-corrected chi connectivity index (χ0v) is 13.6. The molecule has 0 aliphatic heterocycles. The molecule has 22 heavy (non-hydrogen) atoms. The van der Waals surface area contributed by atoms with Crippen molar-refractivity contribution in [3.63, 3.8) is 0 Å². The monoisotopic (exact) mass is 312 g/mol. The molecule has 1 aliphatic rings. The number of thioether (sulfide) groups is 1. The first-order valence-electron chi connectivity index (χ1n) is 7.79. The summed E-state index contributed by atoms with van der Waals surface area (Å²) in [5, 5.41) is 18.9. The SMILES string of the molecule is Cn1c(SCc2ccccc2C#N)nnc1C1CCCCC1. The van der Waals surface area contributed by atoms with Crippen molar-refractivity contribution in [1.82, 2.24) is 14.8 Å². The van der Waals surface area contributed by atoms with Crippen molar-refractivity contribution < 1.29 is 0 Å². The summed E-state index contributed by atoms with van der Waals surface area (Å²) < 4.78 is 2.13. The minimum absolute atomic E-state index is 0.562. The second-order valence-electron chi connectivity index (χ2n) is 5.79. The van der Waals surface area contributed by atoms with Crippen molar-refractivity contribution in [3.8, 4) is 6.07 Å². The van der Waals surface area contributed by atoms with Gasteiger partial charge in [-0.15, -0.1) is 10.2 Å². The highest BCUT2D eigenvalue weighted by atomic mass is 32.2. The maximum absolute atomic E-state index is 9.15. The fraction of sp³-hybridized carbons (Fsp3) is 0.471. The van der Waals surface area contributed by atoms with Gasteiger partial charge in [0.15, 0.2) is 5.16 Å². The maximum Gasteiger partial charge on any atom is 0.191 e. The van der Waals surface area contributed by atoms with E-state index in [2.05, 4.69) is 27.9 Å². The van der Waals surface area contributed by atoms with E-state index < -0.39 is 0 Å². The lowest BCUT2D eigenvalue weighted by molar-refractivity contribution is 0.418. The third-order valence-electron chi connectivity index (χ3n) is 4.33. The molecule has 0 N–H and O–H groups in total. The van der Waals surface area contributed by atoms with Crippen LogP contribution in [-0.4, -0.2) is 14.8 Å². The summed E-state index contributed by atoms with van der Waals surface area (Å²) in [6, 6.07) is 9.98. The van der Waals surface area contributed by atoms with Crippen LogP contribution in [0.3, 0.4) is 0 Å². The molecule has 0 atom stereocenters. The van der Waals surface area contributed by atoms with E-state index in [9.17, 15) is 0 Å². The van der Waals surface area contributed by atoms with Crippen LogP contribution < -0.4 is 0 Å². The van der Waals surface area contributed by atoms with Gasteiger partial charge in [-0.05, 0) is 24.5 Å². The van der Waals surface area contributed by atoms with Gasteiger partial charge in [0.05, 0.1) is 11.6 Å². The van der Waals surface area contributed by atoms with Crippen LogP contribution >= 0.6 is 11.8 Å². The predicted octanol–water partition coefficient (Wildman–Crippen LogP) is 4.03. The van der Waals surface area contributed by atoms with Crippen LogP contribution in [0.4, 0.5) is 0 Å². The Morgan fingerprint density at radius 1 is 1.23 bits per heavy atom. The van der Waals surface area contributed by atoms with Crippen molar-refractivity contribution in [1.29, 1.82) is 5.26 Å². The van der Waals surface area contributed by atoms with Gasteiger partial charge in [0.2, 0.25) is 0 Å². The van der Waals surface area contributed by atoms with E-state index in [1.165, 1.54) is 32.1 Å². The molecule has 1 heterocycles. The molecule has 5 heteroatoms. The van der Waals surface area contributed by atoms with E-state index in [0.717, 1.165) is 27.9 Å². The van der Waals surface area contributed by atoms with Gasteiger partial charge < -0.3 is 4.57 Å². The Bertz CT molecular complexity index is 680. The molecule has 3 rings (SSSR count). The number of rotatable bonds is 4. The second-order valence-corrected chi connectivity index (χ2v) is 6.73. The van der Waals surface area contributed by atoms with Crippen molar-refractivity contribution >= 4 is 11.8 Å². The highest BCUT2D eigenvalue weighted by molar-refractivity contribution is 7.98. The standard InChI is InChI=1S/C17H20N4S/c1-21-16(13-7-3-2-4-8-13)19-20-17(21)22-12-15-10-6-5-9-14(15)11-18/h5-6,9-10,13H,2-4,7-8,12H2,1H3. The molecule has 0 radical (unpaired) electrons. The molecule has 1 fully saturated rings. The van der Waals surface area contributed by atoms with Gasteiger partial charge in [-0.25, -0.2) is 0 Å². The van der Waals surface area contributed by atoms with Gasteiger partial charge in [-0.2, -0.15) is 5.26 Å². The Hall–Kier alpha value is -1.80. The minimum Gasteiger partial charge on any atom is -0.309 e. The van der Waals surface area contributed by atoms with Gasteiger partial charge in [0, 0.05) is 18.7 Å². The molecule has 1 aromatic heterocycles. The number of nitriles is 1. The Kier molecular flexibility index (Phi) is 4.79. The predicted molar refractivity (Wildman–Crippen MR) is 87.5 cm³/mol. The molecule has 1 aromatic carbocycles. The molecule has 1 saturated carbocycles. The molecule has 0 bridgehead atoms. The maximum atomic E-state index is 9.15. The first-order chi connectivity index (χ1) is 10.8. The lowest BCUT2D eigenvalue weighted by Gasteiger charge is -2.20. The first-order valence-corrected chi connectivity index (χ1v) is 8.78. The van der Waals surface area contributed by atoms with Crippen molar-refractivity contribution in [2.24, 2.45) is 7.05 Å². The van der Waals surface area contributed by atoms with E-state index in [1.54, 1.807) is 11.8 Å². The number of hydrogen-bond donors (Lipinski definition) is 0. The fourth-order valence-electron chi connectivity index (χ4n) is 3.07. The Morgan fingerprint density at radius 2 is 2.00 bits per heavy atom. The summed E-state index contributed by atoms with van der Waals surface area (Å²) in [5.41, 5.74) is 1.79.